The maximum absolute atomic E-state index is 14.4. The van der Waals surface area contributed by atoms with Crippen molar-refractivity contribution in [3.05, 3.63) is 34.9 Å². The van der Waals surface area contributed by atoms with Crippen molar-refractivity contribution in [2.45, 2.75) is 62.9 Å². The number of rotatable bonds is 3. The molecule has 4 rings (SSSR count). The zero-order chi connectivity index (χ0) is 18.9. The Morgan fingerprint density at radius 2 is 2.00 bits per heavy atom. The second-order valence-corrected chi connectivity index (χ2v) is 8.80. The summed E-state index contributed by atoms with van der Waals surface area (Å²) in [5.41, 5.74) is -1.30. The molecule has 0 radical (unpaired) electrons. The predicted octanol–water partition coefficient (Wildman–Crippen LogP) is 3.42. The first-order chi connectivity index (χ1) is 12.0. The number of ether oxygens (including phenoxy) is 1. The number of halogens is 2. The molecule has 0 N–H and O–H groups in total. The van der Waals surface area contributed by atoms with Gasteiger partial charge in [0.1, 0.15) is 24.0 Å². The number of hydrogen-bond donors (Lipinski definition) is 0. The average molecular weight is 363 g/mol. The minimum absolute atomic E-state index is 0.127. The summed E-state index contributed by atoms with van der Waals surface area (Å²) in [5.74, 6) is -0.844. The van der Waals surface area contributed by atoms with Crippen molar-refractivity contribution in [1.82, 2.24) is 4.90 Å². The number of nitrogens with zero attached hydrogens (tertiary/aromatic N) is 1. The summed E-state index contributed by atoms with van der Waals surface area (Å²) < 4.78 is 34.0. The van der Waals surface area contributed by atoms with Crippen LogP contribution in [0.3, 0.4) is 0 Å². The molecule has 1 aromatic carbocycles. The third-order valence-electron chi connectivity index (χ3n) is 5.48. The van der Waals surface area contributed by atoms with Gasteiger partial charge in [-0.15, -0.1) is 0 Å². The summed E-state index contributed by atoms with van der Waals surface area (Å²) in [6.07, 6.45) is 0.147. The monoisotopic (exact) mass is 363 g/mol. The Labute approximate surface area is 151 Å². The van der Waals surface area contributed by atoms with E-state index in [4.69, 9.17) is 4.74 Å². The van der Waals surface area contributed by atoms with Crippen molar-refractivity contribution in [3.63, 3.8) is 0 Å². The van der Waals surface area contributed by atoms with Gasteiger partial charge in [-0.2, -0.15) is 0 Å². The molecule has 2 aliphatic carbocycles. The standard InChI is InChI=1S/C20H23F2NO3/c1-18(2,3)26-16(24)10-23-11-19(9-15(19)21)14-8-12(20(22)6-7-20)4-5-13(14)17(23)25/h4-5,8,15H,6-7,9-11H2,1-3H3/t15-,19-/m0/s1. The second-order valence-electron chi connectivity index (χ2n) is 8.80. The molecule has 1 aliphatic heterocycles. The number of esters is 1. The zero-order valence-electron chi connectivity index (χ0n) is 15.3. The van der Waals surface area contributed by atoms with E-state index < -0.39 is 28.8 Å². The van der Waals surface area contributed by atoms with Gasteiger partial charge in [0.2, 0.25) is 0 Å². The van der Waals surface area contributed by atoms with Gasteiger partial charge in [-0.1, -0.05) is 12.1 Å². The Morgan fingerprint density at radius 3 is 2.54 bits per heavy atom. The molecule has 2 saturated carbocycles. The molecule has 6 heteroatoms. The highest BCUT2D eigenvalue weighted by Gasteiger charge is 2.61. The SMILES string of the molecule is CC(C)(C)OC(=O)CN1C[C@@]2(C[C@@H]2F)c2cc(C3(F)CC3)ccc2C1=O. The first-order valence-corrected chi connectivity index (χ1v) is 9.03. The molecule has 2 fully saturated rings. The van der Waals surface area contributed by atoms with E-state index in [1.54, 1.807) is 39.0 Å². The van der Waals surface area contributed by atoms with E-state index in [1.807, 2.05) is 0 Å². The highest BCUT2D eigenvalue weighted by atomic mass is 19.1. The van der Waals surface area contributed by atoms with Gasteiger partial charge in [-0.25, -0.2) is 8.78 Å². The molecule has 0 saturated heterocycles. The van der Waals surface area contributed by atoms with Crippen LogP contribution in [0.4, 0.5) is 8.78 Å². The van der Waals surface area contributed by atoms with Crippen LogP contribution in [-0.4, -0.2) is 41.6 Å². The molecular formula is C20H23F2NO3. The molecule has 26 heavy (non-hydrogen) atoms. The molecule has 1 aromatic rings. The van der Waals surface area contributed by atoms with Gasteiger partial charge in [0, 0.05) is 17.5 Å². The van der Waals surface area contributed by atoms with E-state index in [1.165, 1.54) is 4.90 Å². The van der Waals surface area contributed by atoms with Crippen LogP contribution < -0.4 is 0 Å². The van der Waals surface area contributed by atoms with E-state index >= 15 is 0 Å². The Hall–Kier alpha value is -1.98. The summed E-state index contributed by atoms with van der Waals surface area (Å²) in [5, 5.41) is 0. The number of hydrogen-bond acceptors (Lipinski definition) is 3. The second kappa shape index (κ2) is 5.27. The van der Waals surface area contributed by atoms with Gasteiger partial charge in [-0.3, -0.25) is 9.59 Å². The molecule has 4 nitrogen and oxygen atoms in total. The van der Waals surface area contributed by atoms with Gasteiger partial charge < -0.3 is 9.64 Å². The Balaban J connectivity index is 1.63. The minimum Gasteiger partial charge on any atom is -0.459 e. The first kappa shape index (κ1) is 17.4. The zero-order valence-corrected chi connectivity index (χ0v) is 15.3. The Bertz CT molecular complexity index is 797. The van der Waals surface area contributed by atoms with Crippen LogP contribution in [0.25, 0.3) is 0 Å². The Kier molecular flexibility index (Phi) is 3.53. The van der Waals surface area contributed by atoms with Crippen LogP contribution in [0.1, 0.15) is 61.5 Å². The maximum Gasteiger partial charge on any atom is 0.326 e. The summed E-state index contributed by atoms with van der Waals surface area (Å²) in [7, 11) is 0. The molecule has 3 aliphatic rings. The van der Waals surface area contributed by atoms with Gasteiger partial charge in [0.15, 0.2) is 0 Å². The number of carbonyl (C=O) groups is 2. The lowest BCUT2D eigenvalue weighted by Gasteiger charge is -2.35. The van der Waals surface area contributed by atoms with Crippen molar-refractivity contribution < 1.29 is 23.1 Å². The molecule has 0 bridgehead atoms. The van der Waals surface area contributed by atoms with Crippen LogP contribution >= 0.6 is 0 Å². The van der Waals surface area contributed by atoms with Crippen LogP contribution in [0.15, 0.2) is 18.2 Å². The summed E-state index contributed by atoms with van der Waals surface area (Å²) in [4.78, 5) is 26.3. The van der Waals surface area contributed by atoms with Crippen molar-refractivity contribution >= 4 is 11.9 Å². The van der Waals surface area contributed by atoms with Gasteiger partial charge in [0.05, 0.1) is 0 Å². The van der Waals surface area contributed by atoms with E-state index in [0.717, 1.165) is 0 Å². The quantitative estimate of drug-likeness (QED) is 0.773. The topological polar surface area (TPSA) is 46.6 Å². The van der Waals surface area contributed by atoms with Crippen LogP contribution in [0, 0.1) is 0 Å². The molecule has 0 unspecified atom stereocenters. The van der Waals surface area contributed by atoms with E-state index in [2.05, 4.69) is 0 Å². The minimum atomic E-state index is -1.33. The molecule has 140 valence electrons. The summed E-state index contributed by atoms with van der Waals surface area (Å²) >= 11 is 0. The van der Waals surface area contributed by atoms with Crippen molar-refractivity contribution in [1.29, 1.82) is 0 Å². The number of fused-ring (bicyclic) bond motifs is 2. The lowest BCUT2D eigenvalue weighted by Crippen LogP contribution is -2.47. The lowest BCUT2D eigenvalue weighted by molar-refractivity contribution is -0.155. The number of alkyl halides is 2. The van der Waals surface area contributed by atoms with Gasteiger partial charge in [-0.05, 0) is 57.2 Å². The fourth-order valence-electron chi connectivity index (χ4n) is 3.85. The van der Waals surface area contributed by atoms with E-state index in [-0.39, 0.29) is 19.0 Å². The molecule has 1 heterocycles. The van der Waals surface area contributed by atoms with Crippen LogP contribution in [0.5, 0.6) is 0 Å². The number of amides is 1. The largest absolute Gasteiger partial charge is 0.459 e. The smallest absolute Gasteiger partial charge is 0.326 e. The molecule has 2 atom stereocenters. The van der Waals surface area contributed by atoms with Crippen molar-refractivity contribution in [2.24, 2.45) is 0 Å². The summed E-state index contributed by atoms with van der Waals surface area (Å²) in [6, 6.07) is 4.87. The maximum atomic E-state index is 14.4. The average Bonchev–Trinajstić information content (AvgIpc) is 3.42. The number of benzene rings is 1. The van der Waals surface area contributed by atoms with Crippen LogP contribution in [0.2, 0.25) is 0 Å². The summed E-state index contributed by atoms with van der Waals surface area (Å²) in [6.45, 7) is 5.18. The first-order valence-electron chi connectivity index (χ1n) is 9.03. The number of carbonyl (C=O) groups excluding carboxylic acids is 2. The predicted molar refractivity (Wildman–Crippen MR) is 91.4 cm³/mol. The molecule has 0 aromatic heterocycles. The van der Waals surface area contributed by atoms with Gasteiger partial charge in [0.25, 0.3) is 5.91 Å². The van der Waals surface area contributed by atoms with Crippen LogP contribution in [-0.2, 0) is 20.6 Å². The molecule has 1 amide bonds. The fraction of sp³-hybridized carbons (Fsp3) is 0.600. The fourth-order valence-corrected chi connectivity index (χ4v) is 3.85. The molecular weight excluding hydrogens is 340 g/mol. The van der Waals surface area contributed by atoms with E-state index in [9.17, 15) is 18.4 Å². The lowest BCUT2D eigenvalue weighted by atomic mass is 9.84. The Morgan fingerprint density at radius 1 is 1.35 bits per heavy atom. The van der Waals surface area contributed by atoms with Crippen molar-refractivity contribution in [3.8, 4) is 0 Å². The molecule has 1 spiro atoms. The normalized spacial score (nSPS) is 28.7. The van der Waals surface area contributed by atoms with Crippen molar-refractivity contribution in [2.75, 3.05) is 13.1 Å². The highest BCUT2D eigenvalue weighted by molar-refractivity contribution is 5.99. The van der Waals surface area contributed by atoms with E-state index in [0.29, 0.717) is 36.0 Å². The highest BCUT2D eigenvalue weighted by Crippen LogP contribution is 2.57. The third kappa shape index (κ3) is 2.79. The third-order valence-corrected chi connectivity index (χ3v) is 5.48. The van der Waals surface area contributed by atoms with Gasteiger partial charge >= 0.3 is 5.97 Å².